The van der Waals surface area contributed by atoms with Crippen LogP contribution in [0, 0.1) is 5.92 Å². The molecule has 0 aliphatic carbocycles. The van der Waals surface area contributed by atoms with E-state index >= 15 is 0 Å². The van der Waals surface area contributed by atoms with Crippen LogP contribution >= 0.6 is 15.9 Å². The second kappa shape index (κ2) is 5.08. The van der Waals surface area contributed by atoms with E-state index < -0.39 is 9.84 Å². The zero-order chi connectivity index (χ0) is 12.5. The minimum Gasteiger partial charge on any atom is -0.324 e. The minimum absolute atomic E-state index is 0.0509. The molecule has 2 N–H and O–H groups in total. The molecule has 1 aliphatic rings. The number of rotatable bonds is 2. The lowest BCUT2D eigenvalue weighted by Gasteiger charge is -2.27. The first-order chi connectivity index (χ1) is 7.98. The van der Waals surface area contributed by atoms with Gasteiger partial charge in [-0.05, 0) is 36.5 Å². The molecule has 0 bridgehead atoms. The summed E-state index contributed by atoms with van der Waals surface area (Å²) in [6.07, 6.45) is 1.63. The summed E-state index contributed by atoms with van der Waals surface area (Å²) in [4.78, 5) is 0. The highest BCUT2D eigenvalue weighted by atomic mass is 79.9. The number of halogens is 1. The Kier molecular flexibility index (Phi) is 3.90. The third-order valence-electron chi connectivity index (χ3n) is 3.26. The predicted octanol–water partition coefficient (Wildman–Crippen LogP) is 2.27. The van der Waals surface area contributed by atoms with Crippen LogP contribution in [0.15, 0.2) is 28.7 Å². The van der Waals surface area contributed by atoms with Crippen LogP contribution in [0.25, 0.3) is 0 Å². The fourth-order valence-corrected chi connectivity index (χ4v) is 4.36. The van der Waals surface area contributed by atoms with E-state index in [0.29, 0.717) is 5.75 Å². The van der Waals surface area contributed by atoms with E-state index in [4.69, 9.17) is 5.73 Å². The molecule has 0 amide bonds. The Bertz CT molecular complexity index is 484. The first-order valence-electron chi connectivity index (χ1n) is 5.69. The molecule has 3 nitrogen and oxygen atoms in total. The van der Waals surface area contributed by atoms with Gasteiger partial charge in [0.1, 0.15) is 0 Å². The maximum Gasteiger partial charge on any atom is 0.150 e. The SMILES string of the molecule is NC(c1ccc(Br)cc1)C1CCCS(=O)(=O)C1. The topological polar surface area (TPSA) is 60.2 Å². The summed E-state index contributed by atoms with van der Waals surface area (Å²) in [7, 11) is -2.88. The van der Waals surface area contributed by atoms with E-state index in [9.17, 15) is 8.42 Å². The Morgan fingerprint density at radius 3 is 2.53 bits per heavy atom. The van der Waals surface area contributed by atoms with Crippen molar-refractivity contribution < 1.29 is 8.42 Å². The van der Waals surface area contributed by atoms with Crippen molar-refractivity contribution in [3.05, 3.63) is 34.3 Å². The predicted molar refractivity (Wildman–Crippen MR) is 72.4 cm³/mol. The molecule has 0 saturated carbocycles. The molecule has 1 aliphatic heterocycles. The average molecular weight is 318 g/mol. The van der Waals surface area contributed by atoms with E-state index in [1.165, 1.54) is 0 Å². The quantitative estimate of drug-likeness (QED) is 0.910. The molecule has 2 unspecified atom stereocenters. The molecule has 5 heteroatoms. The van der Waals surface area contributed by atoms with Crippen LogP contribution in [-0.4, -0.2) is 19.9 Å². The summed E-state index contributed by atoms with van der Waals surface area (Å²) in [5.41, 5.74) is 7.17. The van der Waals surface area contributed by atoms with Crippen molar-refractivity contribution >= 4 is 25.8 Å². The molecule has 0 aromatic heterocycles. The average Bonchev–Trinajstić information content (AvgIpc) is 2.28. The lowest BCUT2D eigenvalue weighted by Crippen LogP contribution is -2.33. The molecular formula is C12H16BrNO2S. The Balaban J connectivity index is 2.14. The van der Waals surface area contributed by atoms with E-state index in [1.807, 2.05) is 24.3 Å². The van der Waals surface area contributed by atoms with Crippen molar-refractivity contribution in [2.75, 3.05) is 11.5 Å². The van der Waals surface area contributed by atoms with Crippen LogP contribution in [0.4, 0.5) is 0 Å². The van der Waals surface area contributed by atoms with Crippen LogP contribution in [0.3, 0.4) is 0 Å². The highest BCUT2D eigenvalue weighted by Gasteiger charge is 2.29. The first-order valence-corrected chi connectivity index (χ1v) is 8.31. The Labute approximate surface area is 110 Å². The normalized spacial score (nSPS) is 25.4. The Hall–Kier alpha value is -0.390. The van der Waals surface area contributed by atoms with Crippen LogP contribution in [0.1, 0.15) is 24.4 Å². The Morgan fingerprint density at radius 1 is 1.29 bits per heavy atom. The lowest BCUT2D eigenvalue weighted by molar-refractivity contribution is 0.415. The number of hydrogen-bond acceptors (Lipinski definition) is 3. The van der Waals surface area contributed by atoms with E-state index in [2.05, 4.69) is 15.9 Å². The van der Waals surface area contributed by atoms with Gasteiger partial charge >= 0.3 is 0 Å². The van der Waals surface area contributed by atoms with E-state index in [0.717, 1.165) is 22.9 Å². The van der Waals surface area contributed by atoms with Gasteiger partial charge in [0.15, 0.2) is 9.84 Å². The van der Waals surface area contributed by atoms with Crippen molar-refractivity contribution in [2.24, 2.45) is 11.7 Å². The molecule has 1 aromatic rings. The van der Waals surface area contributed by atoms with Crippen molar-refractivity contribution in [1.29, 1.82) is 0 Å². The van der Waals surface area contributed by atoms with Crippen molar-refractivity contribution in [3.63, 3.8) is 0 Å². The number of nitrogens with two attached hydrogens (primary N) is 1. The molecule has 1 fully saturated rings. The van der Waals surface area contributed by atoms with E-state index in [1.54, 1.807) is 0 Å². The summed E-state index contributed by atoms with van der Waals surface area (Å²) in [5.74, 6) is 0.593. The number of sulfone groups is 1. The third kappa shape index (κ3) is 3.30. The first kappa shape index (κ1) is 13.1. The molecule has 2 rings (SSSR count). The second-order valence-corrected chi connectivity index (χ2v) is 7.74. The van der Waals surface area contributed by atoms with Crippen LogP contribution in [-0.2, 0) is 9.84 Å². The molecular weight excluding hydrogens is 302 g/mol. The summed E-state index contributed by atoms with van der Waals surface area (Å²) in [6.45, 7) is 0. The molecule has 1 saturated heterocycles. The highest BCUT2D eigenvalue weighted by Crippen LogP contribution is 2.29. The summed E-state index contributed by atoms with van der Waals surface area (Å²) >= 11 is 3.37. The molecule has 17 heavy (non-hydrogen) atoms. The molecule has 2 atom stereocenters. The van der Waals surface area contributed by atoms with Crippen molar-refractivity contribution in [1.82, 2.24) is 0 Å². The van der Waals surface area contributed by atoms with Crippen molar-refractivity contribution in [3.8, 4) is 0 Å². The molecule has 0 radical (unpaired) electrons. The molecule has 0 spiro atoms. The number of benzene rings is 1. The molecule has 1 aromatic carbocycles. The van der Waals surface area contributed by atoms with Gasteiger partial charge < -0.3 is 5.73 Å². The molecule has 1 heterocycles. The van der Waals surface area contributed by atoms with Crippen LogP contribution < -0.4 is 5.73 Å². The third-order valence-corrected chi connectivity index (χ3v) is 5.64. The second-order valence-electron chi connectivity index (χ2n) is 4.59. The zero-order valence-corrected chi connectivity index (χ0v) is 11.9. The van der Waals surface area contributed by atoms with Gasteiger partial charge in [-0.1, -0.05) is 28.1 Å². The van der Waals surface area contributed by atoms with Gasteiger partial charge in [-0.2, -0.15) is 0 Å². The molecule has 94 valence electrons. The van der Waals surface area contributed by atoms with Gasteiger partial charge in [0.05, 0.1) is 11.5 Å². The fourth-order valence-electron chi connectivity index (χ4n) is 2.30. The lowest BCUT2D eigenvalue weighted by atomic mass is 9.91. The Morgan fingerprint density at radius 2 is 1.94 bits per heavy atom. The van der Waals surface area contributed by atoms with E-state index in [-0.39, 0.29) is 17.7 Å². The maximum absolute atomic E-state index is 11.6. The monoisotopic (exact) mass is 317 g/mol. The van der Waals surface area contributed by atoms with Gasteiger partial charge in [0, 0.05) is 10.5 Å². The maximum atomic E-state index is 11.6. The summed E-state index contributed by atoms with van der Waals surface area (Å²) in [6, 6.07) is 7.60. The fraction of sp³-hybridized carbons (Fsp3) is 0.500. The van der Waals surface area contributed by atoms with Gasteiger partial charge in [0.2, 0.25) is 0 Å². The van der Waals surface area contributed by atoms with Gasteiger partial charge in [-0.15, -0.1) is 0 Å². The summed E-state index contributed by atoms with van der Waals surface area (Å²) in [5, 5.41) is 0. The number of hydrogen-bond donors (Lipinski definition) is 1. The highest BCUT2D eigenvalue weighted by molar-refractivity contribution is 9.10. The smallest absolute Gasteiger partial charge is 0.150 e. The van der Waals surface area contributed by atoms with Gasteiger partial charge in [-0.25, -0.2) is 8.42 Å². The standard InChI is InChI=1S/C12H16BrNO2S/c13-11-5-3-9(4-6-11)12(14)10-2-1-7-17(15,16)8-10/h3-6,10,12H,1-2,7-8,14H2. The van der Waals surface area contributed by atoms with Crippen LogP contribution in [0.2, 0.25) is 0 Å². The van der Waals surface area contributed by atoms with Crippen LogP contribution in [0.5, 0.6) is 0 Å². The summed E-state index contributed by atoms with van der Waals surface area (Å²) < 4.78 is 24.2. The van der Waals surface area contributed by atoms with Gasteiger partial charge in [-0.3, -0.25) is 0 Å². The van der Waals surface area contributed by atoms with Crippen molar-refractivity contribution in [2.45, 2.75) is 18.9 Å². The minimum atomic E-state index is -2.88. The van der Waals surface area contributed by atoms with Gasteiger partial charge in [0.25, 0.3) is 0 Å². The largest absolute Gasteiger partial charge is 0.324 e. The zero-order valence-electron chi connectivity index (χ0n) is 9.47.